The van der Waals surface area contributed by atoms with Crippen LogP contribution in [0.15, 0.2) is 17.5 Å². The second-order valence-corrected chi connectivity index (χ2v) is 6.94. The topological polar surface area (TPSA) is 64.6 Å². The van der Waals surface area contributed by atoms with Gasteiger partial charge in [-0.1, -0.05) is 6.07 Å². The van der Waals surface area contributed by atoms with Crippen molar-refractivity contribution in [2.45, 2.75) is 31.9 Å². The molecule has 1 aromatic heterocycles. The van der Waals surface area contributed by atoms with Gasteiger partial charge in [-0.05, 0) is 46.3 Å². The molecule has 0 aromatic carbocycles. The third kappa shape index (κ3) is 4.77. The predicted octanol–water partition coefficient (Wildman–Crippen LogP) is 1.60. The highest BCUT2D eigenvalue weighted by Crippen LogP contribution is 2.24. The van der Waals surface area contributed by atoms with E-state index in [1.54, 1.807) is 6.92 Å². The number of aliphatic hydroxyl groups is 1. The summed E-state index contributed by atoms with van der Waals surface area (Å²) in [4.78, 5) is 14.7. The van der Waals surface area contributed by atoms with Crippen molar-refractivity contribution in [3.05, 3.63) is 22.4 Å². The van der Waals surface area contributed by atoms with Crippen molar-refractivity contribution in [1.82, 2.24) is 15.5 Å². The first-order valence-corrected chi connectivity index (χ1v) is 7.48. The third-order valence-corrected chi connectivity index (χ3v) is 4.66. The number of urea groups is 1. The molecule has 0 bridgehead atoms. The average molecular weight is 299 g/mol. The lowest BCUT2D eigenvalue weighted by Crippen LogP contribution is -2.51. The Morgan fingerprint density at radius 2 is 1.90 bits per heavy atom. The third-order valence-electron chi connectivity index (χ3n) is 3.54. The monoisotopic (exact) mass is 299 g/mol. The van der Waals surface area contributed by atoms with E-state index in [1.807, 2.05) is 31.6 Å². The first-order chi connectivity index (χ1) is 9.15. The van der Waals surface area contributed by atoms with Crippen molar-refractivity contribution < 1.29 is 9.90 Å². The molecular weight excluding hydrogens is 274 g/mol. The van der Waals surface area contributed by atoms with Gasteiger partial charge in [0.1, 0.15) is 5.60 Å². The van der Waals surface area contributed by atoms with E-state index < -0.39 is 5.60 Å². The number of thiophene rings is 1. The molecule has 2 amide bonds. The first-order valence-electron chi connectivity index (χ1n) is 6.61. The molecule has 1 unspecified atom stereocenters. The number of nitrogens with zero attached hydrogens (tertiary/aromatic N) is 1. The number of hydrogen-bond acceptors (Lipinski definition) is 4. The maximum absolute atomic E-state index is 11.8. The van der Waals surface area contributed by atoms with Gasteiger partial charge in [0.05, 0.1) is 6.54 Å². The van der Waals surface area contributed by atoms with Crippen LogP contribution in [0, 0.1) is 0 Å². The second kappa shape index (κ2) is 6.56. The van der Waals surface area contributed by atoms with Gasteiger partial charge >= 0.3 is 6.03 Å². The Kier molecular flexibility index (Phi) is 5.56. The summed E-state index contributed by atoms with van der Waals surface area (Å²) in [5.74, 6) is 0. The van der Waals surface area contributed by atoms with Gasteiger partial charge in [0.15, 0.2) is 0 Å². The minimum absolute atomic E-state index is 0.117. The Morgan fingerprint density at radius 3 is 2.40 bits per heavy atom. The number of carbonyl (C=O) groups excluding carboxylic acids is 1. The van der Waals surface area contributed by atoms with E-state index in [0.717, 1.165) is 4.88 Å². The Hall–Kier alpha value is -1.11. The van der Waals surface area contributed by atoms with Crippen LogP contribution in [0.3, 0.4) is 0 Å². The standard InChI is InChI=1S/C14H25N3O2S/c1-13(2,17(4)5)9-15-12(18)16-10-14(3,19)11-7-6-8-20-11/h6-8,19H,9-10H2,1-5H3,(H2,15,16,18). The zero-order valence-electron chi connectivity index (χ0n) is 12.9. The fraction of sp³-hybridized carbons (Fsp3) is 0.643. The van der Waals surface area contributed by atoms with Gasteiger partial charge in [-0.2, -0.15) is 0 Å². The number of likely N-dealkylation sites (N-methyl/N-ethyl adjacent to an activating group) is 1. The van der Waals surface area contributed by atoms with E-state index in [0.29, 0.717) is 6.54 Å². The Bertz CT molecular complexity index is 428. The van der Waals surface area contributed by atoms with Crippen molar-refractivity contribution in [3.63, 3.8) is 0 Å². The molecular formula is C14H25N3O2S. The fourth-order valence-corrected chi connectivity index (χ4v) is 2.23. The van der Waals surface area contributed by atoms with Crippen LogP contribution in [-0.2, 0) is 5.60 Å². The lowest BCUT2D eigenvalue weighted by atomic mass is 10.0. The molecule has 0 saturated heterocycles. The average Bonchev–Trinajstić information content (AvgIpc) is 2.88. The summed E-state index contributed by atoms with van der Waals surface area (Å²) < 4.78 is 0. The van der Waals surface area contributed by atoms with Crippen LogP contribution in [0.4, 0.5) is 4.79 Å². The highest BCUT2D eigenvalue weighted by Gasteiger charge is 2.25. The Morgan fingerprint density at radius 1 is 1.30 bits per heavy atom. The summed E-state index contributed by atoms with van der Waals surface area (Å²) in [6.07, 6.45) is 0. The highest BCUT2D eigenvalue weighted by atomic mass is 32.1. The van der Waals surface area contributed by atoms with Crippen LogP contribution in [-0.4, -0.2) is 48.8 Å². The molecule has 1 rings (SSSR count). The molecule has 0 fully saturated rings. The minimum Gasteiger partial charge on any atom is -0.383 e. The molecule has 0 aliphatic carbocycles. The molecule has 114 valence electrons. The molecule has 0 spiro atoms. The van der Waals surface area contributed by atoms with Crippen LogP contribution in [0.25, 0.3) is 0 Å². The molecule has 0 radical (unpaired) electrons. The van der Waals surface area contributed by atoms with E-state index in [2.05, 4.69) is 29.4 Å². The molecule has 0 saturated carbocycles. The van der Waals surface area contributed by atoms with Crippen LogP contribution >= 0.6 is 11.3 Å². The summed E-state index contributed by atoms with van der Waals surface area (Å²) in [6.45, 7) is 6.52. The zero-order chi connectivity index (χ0) is 15.4. The second-order valence-electron chi connectivity index (χ2n) is 5.99. The molecule has 0 aliphatic rings. The van der Waals surface area contributed by atoms with Crippen LogP contribution in [0.2, 0.25) is 0 Å². The summed E-state index contributed by atoms with van der Waals surface area (Å²) in [6, 6.07) is 3.48. The van der Waals surface area contributed by atoms with Crippen LogP contribution in [0.5, 0.6) is 0 Å². The molecule has 1 aromatic rings. The SMILES string of the molecule is CN(C)C(C)(C)CNC(=O)NCC(C)(O)c1cccs1. The lowest BCUT2D eigenvalue weighted by Gasteiger charge is -2.32. The number of hydrogen-bond donors (Lipinski definition) is 3. The van der Waals surface area contributed by atoms with Gasteiger partial charge in [-0.25, -0.2) is 4.79 Å². The van der Waals surface area contributed by atoms with E-state index >= 15 is 0 Å². The van der Waals surface area contributed by atoms with E-state index in [1.165, 1.54) is 11.3 Å². The van der Waals surface area contributed by atoms with Crippen LogP contribution < -0.4 is 10.6 Å². The van der Waals surface area contributed by atoms with Gasteiger partial charge in [-0.3, -0.25) is 0 Å². The van der Waals surface area contributed by atoms with E-state index in [4.69, 9.17) is 0 Å². The van der Waals surface area contributed by atoms with Crippen molar-refractivity contribution in [1.29, 1.82) is 0 Å². The number of rotatable bonds is 6. The Balaban J connectivity index is 2.41. The summed E-state index contributed by atoms with van der Waals surface area (Å²) in [5.41, 5.74) is -1.16. The first kappa shape index (κ1) is 16.9. The van der Waals surface area contributed by atoms with Crippen molar-refractivity contribution in [2.75, 3.05) is 27.2 Å². The van der Waals surface area contributed by atoms with Gasteiger partial charge in [-0.15, -0.1) is 11.3 Å². The van der Waals surface area contributed by atoms with Crippen molar-refractivity contribution >= 4 is 17.4 Å². The molecule has 20 heavy (non-hydrogen) atoms. The summed E-state index contributed by atoms with van der Waals surface area (Å²) in [7, 11) is 3.95. The van der Waals surface area contributed by atoms with Gasteiger partial charge in [0, 0.05) is 17.0 Å². The summed E-state index contributed by atoms with van der Waals surface area (Å²) >= 11 is 1.47. The highest BCUT2D eigenvalue weighted by molar-refractivity contribution is 7.10. The normalized spacial score (nSPS) is 14.9. The fourth-order valence-electron chi connectivity index (χ4n) is 1.44. The lowest BCUT2D eigenvalue weighted by molar-refractivity contribution is 0.0629. The molecule has 3 N–H and O–H groups in total. The minimum atomic E-state index is -1.04. The number of amides is 2. The molecule has 0 aliphatic heterocycles. The van der Waals surface area contributed by atoms with E-state index in [-0.39, 0.29) is 18.1 Å². The quantitative estimate of drug-likeness (QED) is 0.747. The smallest absolute Gasteiger partial charge is 0.314 e. The molecule has 1 atom stereocenters. The van der Waals surface area contributed by atoms with Crippen molar-refractivity contribution in [3.8, 4) is 0 Å². The maximum Gasteiger partial charge on any atom is 0.314 e. The maximum atomic E-state index is 11.8. The summed E-state index contributed by atoms with van der Waals surface area (Å²) in [5, 5.41) is 17.7. The van der Waals surface area contributed by atoms with Gasteiger partial charge < -0.3 is 20.6 Å². The van der Waals surface area contributed by atoms with Gasteiger partial charge in [0.2, 0.25) is 0 Å². The molecule has 6 heteroatoms. The number of carbonyl (C=O) groups is 1. The molecule has 1 heterocycles. The predicted molar refractivity (Wildman–Crippen MR) is 83.1 cm³/mol. The zero-order valence-corrected chi connectivity index (χ0v) is 13.7. The van der Waals surface area contributed by atoms with Gasteiger partial charge in [0.25, 0.3) is 0 Å². The van der Waals surface area contributed by atoms with Crippen LogP contribution in [0.1, 0.15) is 25.6 Å². The Labute approximate surface area is 125 Å². The molecule has 5 nitrogen and oxygen atoms in total. The number of nitrogens with one attached hydrogen (secondary N) is 2. The van der Waals surface area contributed by atoms with E-state index in [9.17, 15) is 9.90 Å². The largest absolute Gasteiger partial charge is 0.383 e. The van der Waals surface area contributed by atoms with Crippen molar-refractivity contribution in [2.24, 2.45) is 0 Å².